The maximum absolute atomic E-state index is 5.74. The van der Waals surface area contributed by atoms with Gasteiger partial charge in [0.05, 0.1) is 25.5 Å². The van der Waals surface area contributed by atoms with Crippen molar-refractivity contribution in [2.45, 2.75) is 86.6 Å². The second-order valence-electron chi connectivity index (χ2n) is 10.5. The van der Waals surface area contributed by atoms with Crippen molar-refractivity contribution < 1.29 is 9.47 Å². The predicted molar refractivity (Wildman–Crippen MR) is 126 cm³/mol. The van der Waals surface area contributed by atoms with E-state index in [0.717, 1.165) is 70.6 Å². The number of aromatic nitrogens is 3. The lowest BCUT2D eigenvalue weighted by Crippen LogP contribution is -2.15. The second kappa shape index (κ2) is 13.1. The Kier molecular flexibility index (Phi) is 11.6. The Morgan fingerprint density at radius 3 is 2.27 bits per heavy atom. The Morgan fingerprint density at radius 1 is 0.933 bits per heavy atom. The molecule has 0 atom stereocenters. The highest BCUT2D eigenvalue weighted by Gasteiger charge is 2.14. The predicted octanol–water partition coefficient (Wildman–Crippen LogP) is 6.01. The van der Waals surface area contributed by atoms with Crippen molar-refractivity contribution in [1.29, 1.82) is 0 Å². The molecule has 1 heterocycles. The zero-order valence-electron chi connectivity index (χ0n) is 20.4. The fourth-order valence-electron chi connectivity index (χ4n) is 2.82. The highest BCUT2D eigenvalue weighted by Crippen LogP contribution is 2.26. The van der Waals surface area contributed by atoms with E-state index >= 15 is 0 Å². The van der Waals surface area contributed by atoms with Gasteiger partial charge in [0.2, 0.25) is 0 Å². The van der Waals surface area contributed by atoms with Gasteiger partial charge in [-0.15, -0.1) is 5.10 Å². The maximum atomic E-state index is 5.74. The van der Waals surface area contributed by atoms with E-state index in [1.54, 1.807) is 0 Å². The van der Waals surface area contributed by atoms with Crippen LogP contribution in [0.3, 0.4) is 0 Å². The smallest absolute Gasteiger partial charge is 0.0830 e. The molecule has 0 saturated carbocycles. The van der Waals surface area contributed by atoms with Crippen molar-refractivity contribution in [1.82, 2.24) is 15.0 Å². The van der Waals surface area contributed by atoms with Crippen molar-refractivity contribution in [3.05, 3.63) is 36.2 Å². The quantitative estimate of drug-likeness (QED) is 0.258. The average molecular weight is 420 g/mol. The standard InChI is InChI=1S/C25H45N3O2/c1-21(11-9-17-30-20-24(3,4)5)13-14-23-19-28(27-26-23)15-18-29-16-10-12-22(2)25(6,7)8/h19H,1-2,9-18,20H2,3-8H3. The summed E-state index contributed by atoms with van der Waals surface area (Å²) in [7, 11) is 0. The zero-order chi connectivity index (χ0) is 22.6. The monoisotopic (exact) mass is 419 g/mol. The molecule has 0 bridgehead atoms. The van der Waals surface area contributed by atoms with Crippen LogP contribution in [-0.4, -0.2) is 41.4 Å². The molecule has 0 fully saturated rings. The van der Waals surface area contributed by atoms with E-state index in [2.05, 4.69) is 65.0 Å². The fourth-order valence-corrected chi connectivity index (χ4v) is 2.82. The molecule has 1 aromatic rings. The summed E-state index contributed by atoms with van der Waals surface area (Å²) in [5, 5.41) is 8.48. The zero-order valence-corrected chi connectivity index (χ0v) is 20.4. The van der Waals surface area contributed by atoms with Crippen molar-refractivity contribution in [3.63, 3.8) is 0 Å². The Hall–Kier alpha value is -1.46. The van der Waals surface area contributed by atoms with Gasteiger partial charge in [-0.1, -0.05) is 71.1 Å². The first kappa shape index (κ1) is 26.6. The maximum Gasteiger partial charge on any atom is 0.0830 e. The fraction of sp³-hybridized carbons (Fsp3) is 0.760. The molecule has 5 nitrogen and oxygen atoms in total. The third-order valence-electron chi connectivity index (χ3n) is 4.97. The van der Waals surface area contributed by atoms with Crippen LogP contribution < -0.4 is 0 Å². The van der Waals surface area contributed by atoms with Crippen molar-refractivity contribution in [3.8, 4) is 0 Å². The third kappa shape index (κ3) is 13.0. The number of rotatable bonds is 15. The van der Waals surface area contributed by atoms with E-state index in [1.165, 1.54) is 11.1 Å². The first-order chi connectivity index (χ1) is 14.0. The molecular formula is C25H45N3O2. The molecule has 0 amide bonds. The van der Waals surface area contributed by atoms with Gasteiger partial charge in [0.1, 0.15) is 0 Å². The lowest BCUT2D eigenvalue weighted by atomic mass is 9.85. The summed E-state index contributed by atoms with van der Waals surface area (Å²) < 4.78 is 13.3. The summed E-state index contributed by atoms with van der Waals surface area (Å²) in [6, 6.07) is 0. The number of hydrogen-bond donors (Lipinski definition) is 0. The van der Waals surface area contributed by atoms with E-state index in [1.807, 2.05) is 10.9 Å². The number of allylic oxidation sites excluding steroid dienone is 2. The van der Waals surface area contributed by atoms with Crippen LogP contribution in [-0.2, 0) is 22.4 Å². The molecule has 0 aliphatic heterocycles. The Morgan fingerprint density at radius 2 is 1.60 bits per heavy atom. The number of nitrogens with zero attached hydrogens (tertiary/aromatic N) is 3. The second-order valence-corrected chi connectivity index (χ2v) is 10.5. The molecule has 5 heteroatoms. The molecule has 0 N–H and O–H groups in total. The highest BCUT2D eigenvalue weighted by atomic mass is 16.5. The lowest BCUT2D eigenvalue weighted by molar-refractivity contribution is 0.0698. The van der Waals surface area contributed by atoms with E-state index < -0.39 is 0 Å². The van der Waals surface area contributed by atoms with Gasteiger partial charge in [0, 0.05) is 19.4 Å². The van der Waals surface area contributed by atoms with E-state index in [9.17, 15) is 0 Å². The average Bonchev–Trinajstić information content (AvgIpc) is 3.08. The van der Waals surface area contributed by atoms with Crippen LogP contribution in [0.1, 0.15) is 79.3 Å². The normalized spacial score (nSPS) is 12.3. The number of hydrogen-bond acceptors (Lipinski definition) is 4. The van der Waals surface area contributed by atoms with Crippen molar-refractivity contribution in [2.24, 2.45) is 10.8 Å². The summed E-state index contributed by atoms with van der Waals surface area (Å²) in [5.41, 5.74) is 3.97. The van der Waals surface area contributed by atoms with Gasteiger partial charge < -0.3 is 9.47 Å². The first-order valence-electron chi connectivity index (χ1n) is 11.4. The SMILES string of the molecule is C=C(CCCOCC(C)(C)C)CCc1cn(CCOCCCC(=C)C(C)(C)C)nn1. The van der Waals surface area contributed by atoms with Crippen LogP contribution in [0.15, 0.2) is 30.5 Å². The topological polar surface area (TPSA) is 49.2 Å². The highest BCUT2D eigenvalue weighted by molar-refractivity contribution is 5.04. The Bertz CT molecular complexity index is 636. The minimum atomic E-state index is 0.183. The first-order valence-corrected chi connectivity index (χ1v) is 11.4. The molecule has 0 unspecified atom stereocenters. The summed E-state index contributed by atoms with van der Waals surface area (Å²) >= 11 is 0. The molecule has 0 aliphatic carbocycles. The molecule has 0 aromatic carbocycles. The van der Waals surface area contributed by atoms with Crippen LogP contribution in [0.2, 0.25) is 0 Å². The van der Waals surface area contributed by atoms with Gasteiger partial charge in [-0.3, -0.25) is 0 Å². The lowest BCUT2D eigenvalue weighted by Gasteiger charge is -2.21. The molecule has 0 radical (unpaired) electrons. The van der Waals surface area contributed by atoms with Gasteiger partial charge in [0.25, 0.3) is 0 Å². The molecular weight excluding hydrogens is 374 g/mol. The number of ether oxygens (including phenoxy) is 2. The van der Waals surface area contributed by atoms with Gasteiger partial charge in [-0.25, -0.2) is 4.68 Å². The molecule has 30 heavy (non-hydrogen) atoms. The molecule has 1 aromatic heterocycles. The van der Waals surface area contributed by atoms with Crippen LogP contribution >= 0.6 is 0 Å². The van der Waals surface area contributed by atoms with E-state index in [4.69, 9.17) is 9.47 Å². The minimum absolute atomic E-state index is 0.183. The third-order valence-corrected chi connectivity index (χ3v) is 4.97. The van der Waals surface area contributed by atoms with Gasteiger partial charge in [-0.05, 0) is 49.4 Å². The molecule has 1 rings (SSSR count). The minimum Gasteiger partial charge on any atom is -0.381 e. The van der Waals surface area contributed by atoms with Crippen LogP contribution in [0.25, 0.3) is 0 Å². The summed E-state index contributed by atoms with van der Waals surface area (Å²) in [6.45, 7) is 25.3. The Labute approximate surface area is 184 Å². The molecule has 0 aliphatic rings. The van der Waals surface area contributed by atoms with Gasteiger partial charge >= 0.3 is 0 Å². The molecule has 172 valence electrons. The summed E-state index contributed by atoms with van der Waals surface area (Å²) in [6.07, 6.45) is 7.93. The van der Waals surface area contributed by atoms with Crippen LogP contribution in [0.5, 0.6) is 0 Å². The van der Waals surface area contributed by atoms with E-state index in [-0.39, 0.29) is 10.8 Å². The largest absolute Gasteiger partial charge is 0.381 e. The van der Waals surface area contributed by atoms with Crippen molar-refractivity contribution >= 4 is 0 Å². The molecule has 0 saturated heterocycles. The summed E-state index contributed by atoms with van der Waals surface area (Å²) in [5.74, 6) is 0. The summed E-state index contributed by atoms with van der Waals surface area (Å²) in [4.78, 5) is 0. The van der Waals surface area contributed by atoms with Gasteiger partial charge in [-0.2, -0.15) is 0 Å². The van der Waals surface area contributed by atoms with Crippen molar-refractivity contribution in [2.75, 3.05) is 26.4 Å². The Balaban J connectivity index is 2.10. The van der Waals surface area contributed by atoms with Crippen LogP contribution in [0, 0.1) is 10.8 Å². The van der Waals surface area contributed by atoms with Gasteiger partial charge in [0.15, 0.2) is 0 Å². The van der Waals surface area contributed by atoms with E-state index in [0.29, 0.717) is 6.61 Å². The van der Waals surface area contributed by atoms with Crippen LogP contribution in [0.4, 0.5) is 0 Å². The molecule has 0 spiro atoms. The number of aryl methyl sites for hydroxylation is 1.